The first-order valence-corrected chi connectivity index (χ1v) is 7.84. The van der Waals surface area contributed by atoms with Crippen molar-refractivity contribution in [2.45, 2.75) is 45.3 Å². The Kier molecular flexibility index (Phi) is 4.25. The summed E-state index contributed by atoms with van der Waals surface area (Å²) in [5, 5.41) is 7.62. The van der Waals surface area contributed by atoms with Crippen molar-refractivity contribution in [2.24, 2.45) is 0 Å². The fraction of sp³-hybridized carbons (Fsp3) is 0.471. The minimum atomic E-state index is 0.170. The third-order valence-electron chi connectivity index (χ3n) is 3.94. The van der Waals surface area contributed by atoms with Crippen molar-refractivity contribution in [1.29, 1.82) is 0 Å². The minimum Gasteiger partial charge on any atom is -0.353 e. The van der Waals surface area contributed by atoms with Crippen LogP contribution < -0.4 is 10.6 Å². The van der Waals surface area contributed by atoms with Gasteiger partial charge in [-0.2, -0.15) is 0 Å². The first-order chi connectivity index (χ1) is 10.3. The van der Waals surface area contributed by atoms with E-state index in [-0.39, 0.29) is 5.91 Å². The maximum Gasteiger partial charge on any atom is 0.222 e. The van der Waals surface area contributed by atoms with Crippen molar-refractivity contribution >= 4 is 16.8 Å². The molecule has 0 bridgehead atoms. The van der Waals surface area contributed by atoms with E-state index in [2.05, 4.69) is 52.6 Å². The van der Waals surface area contributed by atoms with Gasteiger partial charge < -0.3 is 15.2 Å². The van der Waals surface area contributed by atoms with E-state index >= 15 is 0 Å². The van der Waals surface area contributed by atoms with Crippen LogP contribution in [0.5, 0.6) is 0 Å². The Morgan fingerprint density at radius 3 is 2.95 bits per heavy atom. The summed E-state index contributed by atoms with van der Waals surface area (Å²) in [5.74, 6) is 0.170. The second kappa shape index (κ2) is 6.31. The van der Waals surface area contributed by atoms with Gasteiger partial charge in [-0.05, 0) is 48.5 Å². The van der Waals surface area contributed by atoms with Gasteiger partial charge in [0.25, 0.3) is 0 Å². The number of nitrogens with zero attached hydrogens (tertiary/aromatic N) is 1. The topological polar surface area (TPSA) is 46.1 Å². The average molecular weight is 285 g/mol. The van der Waals surface area contributed by atoms with Crippen molar-refractivity contribution in [2.75, 3.05) is 6.54 Å². The highest BCUT2D eigenvalue weighted by Gasteiger charge is 2.22. The fourth-order valence-corrected chi connectivity index (χ4v) is 2.57. The van der Waals surface area contributed by atoms with Crippen LogP contribution in [0.1, 0.15) is 31.7 Å². The molecule has 0 radical (unpaired) electrons. The van der Waals surface area contributed by atoms with Crippen LogP contribution in [0.4, 0.5) is 0 Å². The number of fused-ring (bicyclic) bond motifs is 1. The molecular weight excluding hydrogens is 262 g/mol. The Morgan fingerprint density at radius 2 is 2.19 bits per heavy atom. The molecule has 0 spiro atoms. The largest absolute Gasteiger partial charge is 0.353 e. The summed E-state index contributed by atoms with van der Waals surface area (Å²) in [6, 6.07) is 9.11. The van der Waals surface area contributed by atoms with Gasteiger partial charge in [-0.1, -0.05) is 13.0 Å². The Bertz CT molecular complexity index is 628. The molecule has 1 aromatic carbocycles. The average Bonchev–Trinajstić information content (AvgIpc) is 3.21. The molecule has 4 heteroatoms. The highest BCUT2D eigenvalue weighted by Crippen LogP contribution is 2.20. The Morgan fingerprint density at radius 1 is 1.33 bits per heavy atom. The third-order valence-corrected chi connectivity index (χ3v) is 3.94. The number of benzene rings is 1. The van der Waals surface area contributed by atoms with Gasteiger partial charge >= 0.3 is 0 Å². The zero-order valence-electron chi connectivity index (χ0n) is 12.6. The van der Waals surface area contributed by atoms with E-state index in [1.54, 1.807) is 0 Å². The fourth-order valence-electron chi connectivity index (χ4n) is 2.57. The molecule has 1 fully saturated rings. The number of hydrogen-bond donors (Lipinski definition) is 2. The molecule has 1 aromatic heterocycles. The summed E-state index contributed by atoms with van der Waals surface area (Å²) in [6.45, 7) is 4.74. The highest BCUT2D eigenvalue weighted by molar-refractivity contribution is 5.81. The zero-order chi connectivity index (χ0) is 14.7. The van der Waals surface area contributed by atoms with E-state index < -0.39 is 0 Å². The number of aryl methyl sites for hydroxylation is 1. The van der Waals surface area contributed by atoms with E-state index in [4.69, 9.17) is 0 Å². The molecule has 0 atom stereocenters. The summed E-state index contributed by atoms with van der Waals surface area (Å²) >= 11 is 0. The van der Waals surface area contributed by atoms with Gasteiger partial charge in [-0.25, -0.2) is 0 Å². The lowest BCUT2D eigenvalue weighted by Gasteiger charge is -2.07. The second-order valence-electron chi connectivity index (χ2n) is 5.77. The van der Waals surface area contributed by atoms with Gasteiger partial charge in [0.15, 0.2) is 0 Å². The van der Waals surface area contributed by atoms with Crippen molar-refractivity contribution in [3.05, 3.63) is 36.0 Å². The van der Waals surface area contributed by atoms with Gasteiger partial charge in [0.1, 0.15) is 0 Å². The van der Waals surface area contributed by atoms with Crippen LogP contribution in [0.25, 0.3) is 10.9 Å². The molecule has 0 saturated heterocycles. The minimum absolute atomic E-state index is 0.170. The van der Waals surface area contributed by atoms with Crippen molar-refractivity contribution in [3.8, 4) is 0 Å². The number of aromatic nitrogens is 1. The quantitative estimate of drug-likeness (QED) is 0.820. The standard InChI is InChI=1S/C17H23N3O/c1-2-18-12-13-3-6-16-14(11-13)7-9-20(16)10-8-17(21)19-15-4-5-15/h3,6-7,9,11,15,18H,2,4-5,8,10,12H2,1H3,(H,19,21). The van der Waals surface area contributed by atoms with Crippen LogP contribution in [-0.4, -0.2) is 23.1 Å². The van der Waals surface area contributed by atoms with Gasteiger partial charge in [0.2, 0.25) is 5.91 Å². The van der Waals surface area contributed by atoms with Crippen LogP contribution >= 0.6 is 0 Å². The molecule has 1 aliphatic carbocycles. The Balaban J connectivity index is 1.63. The van der Waals surface area contributed by atoms with Gasteiger partial charge in [0.05, 0.1) is 0 Å². The summed E-state index contributed by atoms with van der Waals surface area (Å²) in [4.78, 5) is 11.8. The lowest BCUT2D eigenvalue weighted by atomic mass is 10.1. The molecule has 3 rings (SSSR count). The van der Waals surface area contributed by atoms with Gasteiger partial charge in [-0.3, -0.25) is 4.79 Å². The maximum atomic E-state index is 11.8. The number of hydrogen-bond acceptors (Lipinski definition) is 2. The molecule has 112 valence electrons. The lowest BCUT2D eigenvalue weighted by Crippen LogP contribution is -2.26. The van der Waals surface area contributed by atoms with Crippen LogP contribution in [0.3, 0.4) is 0 Å². The SMILES string of the molecule is CCNCc1ccc2c(ccn2CCC(=O)NC2CC2)c1. The molecule has 1 saturated carbocycles. The predicted molar refractivity (Wildman–Crippen MR) is 85.1 cm³/mol. The van der Waals surface area contributed by atoms with Crippen LogP contribution in [0, 0.1) is 0 Å². The van der Waals surface area contributed by atoms with Crippen LogP contribution in [-0.2, 0) is 17.9 Å². The Labute approximate surface area is 125 Å². The van der Waals surface area contributed by atoms with Crippen molar-refractivity contribution < 1.29 is 4.79 Å². The normalized spacial score (nSPS) is 14.5. The molecule has 0 aliphatic heterocycles. The van der Waals surface area contributed by atoms with E-state index in [1.807, 2.05) is 0 Å². The zero-order valence-corrected chi connectivity index (χ0v) is 12.6. The highest BCUT2D eigenvalue weighted by atomic mass is 16.1. The summed E-state index contributed by atoms with van der Waals surface area (Å²) in [5.41, 5.74) is 2.50. The smallest absolute Gasteiger partial charge is 0.222 e. The third kappa shape index (κ3) is 3.64. The van der Waals surface area contributed by atoms with Crippen LogP contribution in [0.15, 0.2) is 30.5 Å². The van der Waals surface area contributed by atoms with E-state index in [0.717, 1.165) is 32.5 Å². The molecule has 1 heterocycles. The van der Waals surface area contributed by atoms with Gasteiger partial charge in [-0.15, -0.1) is 0 Å². The maximum absolute atomic E-state index is 11.8. The van der Waals surface area contributed by atoms with E-state index in [0.29, 0.717) is 12.5 Å². The van der Waals surface area contributed by atoms with Crippen molar-refractivity contribution in [3.63, 3.8) is 0 Å². The summed E-state index contributed by atoms with van der Waals surface area (Å²) in [7, 11) is 0. The summed E-state index contributed by atoms with van der Waals surface area (Å²) in [6.07, 6.45) is 4.92. The van der Waals surface area contributed by atoms with Crippen molar-refractivity contribution in [1.82, 2.24) is 15.2 Å². The first kappa shape index (κ1) is 14.1. The summed E-state index contributed by atoms with van der Waals surface area (Å²) < 4.78 is 2.17. The van der Waals surface area contributed by atoms with E-state index in [1.165, 1.54) is 16.5 Å². The predicted octanol–water partition coefficient (Wildman–Crippen LogP) is 2.42. The molecule has 2 N–H and O–H groups in total. The number of nitrogens with one attached hydrogen (secondary N) is 2. The number of amides is 1. The molecule has 0 unspecified atom stereocenters. The van der Waals surface area contributed by atoms with Crippen LogP contribution in [0.2, 0.25) is 0 Å². The second-order valence-corrected chi connectivity index (χ2v) is 5.77. The first-order valence-electron chi connectivity index (χ1n) is 7.84. The lowest BCUT2D eigenvalue weighted by molar-refractivity contribution is -0.121. The molecule has 21 heavy (non-hydrogen) atoms. The monoisotopic (exact) mass is 285 g/mol. The molecule has 2 aromatic rings. The number of rotatable bonds is 7. The van der Waals surface area contributed by atoms with E-state index in [9.17, 15) is 4.79 Å². The number of carbonyl (C=O) groups excluding carboxylic acids is 1. The molecular formula is C17H23N3O. The Hall–Kier alpha value is -1.81. The molecule has 4 nitrogen and oxygen atoms in total. The van der Waals surface area contributed by atoms with Gasteiger partial charge in [0, 0.05) is 37.3 Å². The molecule has 1 amide bonds. The number of carbonyl (C=O) groups is 1. The molecule has 1 aliphatic rings.